The molecule has 1 atom stereocenters. The zero-order valence-corrected chi connectivity index (χ0v) is 11.4. The molecule has 2 N–H and O–H groups in total. The molecule has 2 heteroatoms. The number of ether oxygens (including phenoxy) is 1. The third-order valence-corrected chi connectivity index (χ3v) is 3.23. The van der Waals surface area contributed by atoms with Gasteiger partial charge in [-0.2, -0.15) is 0 Å². The largest absolute Gasteiger partial charge is 0.399 e. The van der Waals surface area contributed by atoms with Crippen molar-refractivity contribution in [3.05, 3.63) is 65.7 Å². The van der Waals surface area contributed by atoms with Crippen molar-refractivity contribution in [3.8, 4) is 0 Å². The molecule has 0 aliphatic heterocycles. The fourth-order valence-electron chi connectivity index (χ4n) is 2.04. The minimum atomic E-state index is 0.122. The summed E-state index contributed by atoms with van der Waals surface area (Å²) in [5.74, 6) is 0. The second-order valence-corrected chi connectivity index (χ2v) is 4.77. The second-order valence-electron chi connectivity index (χ2n) is 4.77. The average molecular weight is 255 g/mol. The summed E-state index contributed by atoms with van der Waals surface area (Å²) in [7, 11) is 0. The number of nitrogen functional groups attached to an aromatic ring is 1. The van der Waals surface area contributed by atoms with Crippen molar-refractivity contribution < 1.29 is 4.74 Å². The lowest BCUT2D eigenvalue weighted by atomic mass is 10.1. The van der Waals surface area contributed by atoms with Crippen molar-refractivity contribution in [2.75, 3.05) is 12.3 Å². The number of nitrogens with two attached hydrogens (primary N) is 1. The number of benzene rings is 2. The van der Waals surface area contributed by atoms with Gasteiger partial charge in [0, 0.05) is 12.3 Å². The molecule has 2 rings (SSSR count). The molecule has 2 aromatic rings. The van der Waals surface area contributed by atoms with Crippen LogP contribution in [0.5, 0.6) is 0 Å². The monoisotopic (exact) mass is 255 g/mol. The Morgan fingerprint density at radius 3 is 2.37 bits per heavy atom. The van der Waals surface area contributed by atoms with E-state index in [0.29, 0.717) is 0 Å². The number of anilines is 1. The van der Waals surface area contributed by atoms with Crippen LogP contribution >= 0.6 is 0 Å². The lowest BCUT2D eigenvalue weighted by molar-refractivity contribution is 0.0642. The SMILES string of the molecule is CC(OCCCc1ccccc1)c1ccc(N)cc1. The zero-order chi connectivity index (χ0) is 13.5. The maximum Gasteiger partial charge on any atom is 0.0796 e. The normalized spacial score (nSPS) is 12.3. The standard InChI is InChI=1S/C17H21NO/c1-14(16-9-11-17(18)12-10-16)19-13-5-8-15-6-3-2-4-7-15/h2-4,6-7,9-12,14H,5,8,13,18H2,1H3. The molecule has 1 unspecified atom stereocenters. The number of aryl methyl sites for hydroxylation is 1. The fourth-order valence-corrected chi connectivity index (χ4v) is 2.04. The van der Waals surface area contributed by atoms with E-state index in [1.165, 1.54) is 11.1 Å². The summed E-state index contributed by atoms with van der Waals surface area (Å²) in [6.45, 7) is 2.86. The highest BCUT2D eigenvalue weighted by Gasteiger charge is 2.04. The van der Waals surface area contributed by atoms with Gasteiger partial charge in [-0.25, -0.2) is 0 Å². The molecule has 0 heterocycles. The first kappa shape index (κ1) is 13.6. The maximum atomic E-state index is 5.85. The predicted octanol–water partition coefficient (Wildman–Crippen LogP) is 3.98. The van der Waals surface area contributed by atoms with Gasteiger partial charge in [0.1, 0.15) is 0 Å². The van der Waals surface area contributed by atoms with Gasteiger partial charge in [0.05, 0.1) is 6.10 Å². The molecule has 2 aromatic carbocycles. The van der Waals surface area contributed by atoms with Crippen molar-refractivity contribution in [3.63, 3.8) is 0 Å². The molecule has 0 spiro atoms. The van der Waals surface area contributed by atoms with Crippen LogP contribution < -0.4 is 5.73 Å². The first-order chi connectivity index (χ1) is 9.25. The van der Waals surface area contributed by atoms with Crippen molar-refractivity contribution in [1.82, 2.24) is 0 Å². The maximum absolute atomic E-state index is 5.85. The summed E-state index contributed by atoms with van der Waals surface area (Å²) in [6, 6.07) is 18.4. The first-order valence-electron chi connectivity index (χ1n) is 6.76. The van der Waals surface area contributed by atoms with E-state index in [1.54, 1.807) is 0 Å². The molecule has 2 nitrogen and oxygen atoms in total. The third kappa shape index (κ3) is 4.42. The number of hydrogen-bond acceptors (Lipinski definition) is 2. The number of hydrogen-bond donors (Lipinski definition) is 1. The van der Waals surface area contributed by atoms with Gasteiger partial charge < -0.3 is 10.5 Å². The fraction of sp³-hybridized carbons (Fsp3) is 0.294. The van der Waals surface area contributed by atoms with Gasteiger partial charge >= 0.3 is 0 Å². The third-order valence-electron chi connectivity index (χ3n) is 3.23. The molecular formula is C17H21NO. The molecule has 0 saturated heterocycles. The Labute approximate surface area is 115 Å². The Balaban J connectivity index is 1.72. The first-order valence-corrected chi connectivity index (χ1v) is 6.76. The van der Waals surface area contributed by atoms with E-state index in [-0.39, 0.29) is 6.10 Å². The van der Waals surface area contributed by atoms with Crippen LogP contribution in [0, 0.1) is 0 Å². The van der Waals surface area contributed by atoms with Crippen LogP contribution in [-0.2, 0) is 11.2 Å². The van der Waals surface area contributed by atoms with E-state index in [1.807, 2.05) is 30.3 Å². The summed E-state index contributed by atoms with van der Waals surface area (Å²) in [6.07, 6.45) is 2.23. The molecule has 0 radical (unpaired) electrons. The molecular weight excluding hydrogens is 234 g/mol. The predicted molar refractivity (Wildman–Crippen MR) is 80.0 cm³/mol. The highest BCUT2D eigenvalue weighted by atomic mass is 16.5. The highest BCUT2D eigenvalue weighted by Crippen LogP contribution is 2.18. The summed E-state index contributed by atoms with van der Waals surface area (Å²) < 4.78 is 5.85. The molecule has 0 bridgehead atoms. The minimum Gasteiger partial charge on any atom is -0.399 e. The van der Waals surface area contributed by atoms with Gasteiger partial charge in [0.2, 0.25) is 0 Å². The van der Waals surface area contributed by atoms with E-state index in [0.717, 1.165) is 25.1 Å². The van der Waals surface area contributed by atoms with Crippen LogP contribution in [0.15, 0.2) is 54.6 Å². The van der Waals surface area contributed by atoms with Gasteiger partial charge in [0.15, 0.2) is 0 Å². The molecule has 19 heavy (non-hydrogen) atoms. The smallest absolute Gasteiger partial charge is 0.0796 e. The van der Waals surface area contributed by atoms with Gasteiger partial charge in [0.25, 0.3) is 0 Å². The van der Waals surface area contributed by atoms with E-state index in [9.17, 15) is 0 Å². The van der Waals surface area contributed by atoms with Crippen LogP contribution in [0.4, 0.5) is 5.69 Å². The topological polar surface area (TPSA) is 35.2 Å². The van der Waals surface area contributed by atoms with Gasteiger partial charge in [-0.05, 0) is 43.0 Å². The van der Waals surface area contributed by atoms with Crippen molar-refractivity contribution in [2.45, 2.75) is 25.9 Å². The van der Waals surface area contributed by atoms with Crippen molar-refractivity contribution >= 4 is 5.69 Å². The summed E-state index contributed by atoms with van der Waals surface area (Å²) in [5, 5.41) is 0. The molecule has 0 aliphatic rings. The van der Waals surface area contributed by atoms with Gasteiger partial charge in [-0.1, -0.05) is 42.5 Å². The Hall–Kier alpha value is -1.80. The highest BCUT2D eigenvalue weighted by molar-refractivity contribution is 5.39. The molecule has 100 valence electrons. The quantitative estimate of drug-likeness (QED) is 0.626. The zero-order valence-electron chi connectivity index (χ0n) is 11.4. The second kappa shape index (κ2) is 6.95. The van der Waals surface area contributed by atoms with E-state index < -0.39 is 0 Å². The number of rotatable bonds is 6. The van der Waals surface area contributed by atoms with Gasteiger partial charge in [-0.15, -0.1) is 0 Å². The van der Waals surface area contributed by atoms with Crippen molar-refractivity contribution in [2.24, 2.45) is 0 Å². The Morgan fingerprint density at radius 2 is 1.68 bits per heavy atom. The molecule has 0 saturated carbocycles. The lowest BCUT2D eigenvalue weighted by Gasteiger charge is -2.13. The summed E-state index contributed by atoms with van der Waals surface area (Å²) in [4.78, 5) is 0. The van der Waals surface area contributed by atoms with Crippen LogP contribution in [0.25, 0.3) is 0 Å². The van der Waals surface area contributed by atoms with Crippen LogP contribution in [-0.4, -0.2) is 6.61 Å². The Kier molecular flexibility index (Phi) is 4.99. The van der Waals surface area contributed by atoms with E-state index >= 15 is 0 Å². The van der Waals surface area contributed by atoms with Crippen LogP contribution in [0.1, 0.15) is 30.6 Å². The molecule has 0 amide bonds. The van der Waals surface area contributed by atoms with E-state index in [4.69, 9.17) is 10.5 Å². The summed E-state index contributed by atoms with van der Waals surface area (Å²) >= 11 is 0. The van der Waals surface area contributed by atoms with E-state index in [2.05, 4.69) is 31.2 Å². The molecule has 0 fully saturated rings. The Morgan fingerprint density at radius 1 is 1.00 bits per heavy atom. The van der Waals surface area contributed by atoms with Crippen LogP contribution in [0.2, 0.25) is 0 Å². The summed E-state index contributed by atoms with van der Waals surface area (Å²) in [5.41, 5.74) is 9.01. The average Bonchev–Trinajstić information content (AvgIpc) is 2.45. The lowest BCUT2D eigenvalue weighted by Crippen LogP contribution is -2.03. The Bertz CT molecular complexity index is 478. The molecule has 0 aromatic heterocycles. The minimum absolute atomic E-state index is 0.122. The molecule has 0 aliphatic carbocycles. The van der Waals surface area contributed by atoms with Crippen molar-refractivity contribution in [1.29, 1.82) is 0 Å². The van der Waals surface area contributed by atoms with Gasteiger partial charge in [-0.3, -0.25) is 0 Å². The van der Waals surface area contributed by atoms with Crippen LogP contribution in [0.3, 0.4) is 0 Å².